The number of benzene rings is 2. The number of anilines is 2. The van der Waals surface area contributed by atoms with Gasteiger partial charge in [-0.15, -0.1) is 0 Å². The van der Waals surface area contributed by atoms with E-state index in [1.165, 1.54) is 11.8 Å². The Labute approximate surface area is 185 Å². The molecule has 0 radical (unpaired) electrons. The van der Waals surface area contributed by atoms with Crippen LogP contribution in [0.5, 0.6) is 0 Å². The van der Waals surface area contributed by atoms with E-state index in [0.29, 0.717) is 10.2 Å². The van der Waals surface area contributed by atoms with Crippen LogP contribution in [-0.2, 0) is 14.6 Å². The minimum atomic E-state index is -3.04. The molecule has 2 atom stereocenters. The van der Waals surface area contributed by atoms with E-state index in [9.17, 15) is 13.2 Å². The second-order valence-corrected chi connectivity index (χ2v) is 11.4. The molecule has 1 saturated heterocycles. The maximum Gasteiger partial charge on any atom is 0.244 e. The highest BCUT2D eigenvalue weighted by molar-refractivity contribution is 8.15. The van der Waals surface area contributed by atoms with E-state index in [2.05, 4.69) is 10.3 Å². The molecule has 158 valence electrons. The lowest BCUT2D eigenvalue weighted by Gasteiger charge is -2.24. The topological polar surface area (TPSA) is 78.8 Å². The van der Waals surface area contributed by atoms with Crippen molar-refractivity contribution in [1.82, 2.24) is 0 Å². The molecule has 1 fully saturated rings. The van der Waals surface area contributed by atoms with Gasteiger partial charge in [0, 0.05) is 21.6 Å². The maximum absolute atomic E-state index is 12.9. The number of nitrogens with zero attached hydrogens (tertiary/aromatic N) is 2. The van der Waals surface area contributed by atoms with E-state index in [-0.39, 0.29) is 35.2 Å². The Bertz CT molecular complexity index is 1100. The van der Waals surface area contributed by atoms with Crippen LogP contribution in [-0.4, -0.2) is 48.8 Å². The van der Waals surface area contributed by atoms with Crippen molar-refractivity contribution in [2.75, 3.05) is 28.3 Å². The first-order valence-electron chi connectivity index (χ1n) is 9.56. The Morgan fingerprint density at radius 3 is 2.47 bits per heavy atom. The van der Waals surface area contributed by atoms with Crippen LogP contribution in [0.4, 0.5) is 11.4 Å². The lowest BCUT2D eigenvalue weighted by Crippen LogP contribution is -2.36. The molecular weight excluding hydrogens is 442 g/mol. The van der Waals surface area contributed by atoms with Gasteiger partial charge in [0.05, 0.1) is 17.5 Å². The van der Waals surface area contributed by atoms with Crippen LogP contribution in [0.1, 0.15) is 11.1 Å². The summed E-state index contributed by atoms with van der Waals surface area (Å²) in [7, 11) is -3.04. The average Bonchev–Trinajstić information content (AvgIpc) is 3.17. The zero-order valence-corrected chi connectivity index (χ0v) is 19.0. The van der Waals surface area contributed by atoms with Gasteiger partial charge in [-0.25, -0.2) is 8.42 Å². The summed E-state index contributed by atoms with van der Waals surface area (Å²) < 4.78 is 23.8. The van der Waals surface area contributed by atoms with Gasteiger partial charge >= 0.3 is 0 Å². The number of carbonyl (C=O) groups excluding carboxylic acids is 1. The number of hydrogen-bond donors (Lipinski definition) is 1. The minimum absolute atomic E-state index is 0.0629. The fraction of sp³-hybridized carbons (Fsp3) is 0.333. The molecule has 2 aliphatic rings. The van der Waals surface area contributed by atoms with Gasteiger partial charge in [-0.2, -0.15) is 0 Å². The highest BCUT2D eigenvalue weighted by Crippen LogP contribution is 2.37. The van der Waals surface area contributed by atoms with Crippen molar-refractivity contribution in [3.05, 3.63) is 58.6 Å². The number of halogens is 1. The van der Waals surface area contributed by atoms with Crippen molar-refractivity contribution in [3.63, 3.8) is 0 Å². The molecule has 0 unspecified atom stereocenters. The monoisotopic (exact) mass is 463 g/mol. The largest absolute Gasteiger partial charge is 0.324 e. The Hall–Kier alpha value is -2.03. The van der Waals surface area contributed by atoms with Crippen LogP contribution < -0.4 is 10.2 Å². The predicted molar refractivity (Wildman–Crippen MR) is 125 cm³/mol. The number of amides is 1. The molecule has 2 heterocycles. The fourth-order valence-electron chi connectivity index (χ4n) is 3.70. The molecule has 0 spiro atoms. The Kier molecular flexibility index (Phi) is 5.83. The fourth-order valence-corrected chi connectivity index (χ4v) is 7.60. The second-order valence-electron chi connectivity index (χ2n) is 7.59. The molecule has 6 nitrogen and oxygen atoms in total. The normalized spacial score (nSPS) is 21.8. The number of amidine groups is 1. The van der Waals surface area contributed by atoms with Crippen molar-refractivity contribution in [2.45, 2.75) is 25.1 Å². The highest BCUT2D eigenvalue weighted by Gasteiger charge is 2.44. The van der Waals surface area contributed by atoms with Gasteiger partial charge in [-0.1, -0.05) is 41.6 Å². The van der Waals surface area contributed by atoms with Crippen LogP contribution in [0.2, 0.25) is 5.02 Å². The number of sulfone groups is 1. The van der Waals surface area contributed by atoms with Gasteiger partial charge < -0.3 is 10.2 Å². The molecule has 1 amide bonds. The molecule has 0 saturated carbocycles. The van der Waals surface area contributed by atoms with Gasteiger partial charge in [-0.3, -0.25) is 9.79 Å². The molecule has 1 N–H and O–H groups in total. The quantitative estimate of drug-likeness (QED) is 0.748. The van der Waals surface area contributed by atoms with Gasteiger partial charge in [0.1, 0.15) is 6.54 Å². The Morgan fingerprint density at radius 1 is 1.17 bits per heavy atom. The zero-order chi connectivity index (χ0) is 21.5. The van der Waals surface area contributed by atoms with Crippen LogP contribution >= 0.6 is 23.4 Å². The van der Waals surface area contributed by atoms with Crippen LogP contribution in [0, 0.1) is 13.8 Å². The highest BCUT2D eigenvalue weighted by atomic mass is 35.5. The van der Waals surface area contributed by atoms with Gasteiger partial charge in [0.15, 0.2) is 15.0 Å². The summed E-state index contributed by atoms with van der Waals surface area (Å²) in [6.07, 6.45) is 0. The van der Waals surface area contributed by atoms with Crippen molar-refractivity contribution in [3.8, 4) is 0 Å². The summed E-state index contributed by atoms with van der Waals surface area (Å²) >= 11 is 7.46. The van der Waals surface area contributed by atoms with Crippen molar-refractivity contribution in [2.24, 2.45) is 4.99 Å². The molecule has 2 aromatic rings. The molecule has 30 heavy (non-hydrogen) atoms. The number of fused-ring (bicyclic) bond motifs is 1. The van der Waals surface area contributed by atoms with E-state index in [0.717, 1.165) is 22.5 Å². The summed E-state index contributed by atoms with van der Waals surface area (Å²) in [5.74, 6) is 0.0191. The summed E-state index contributed by atoms with van der Waals surface area (Å²) in [5, 5.41) is 4.18. The number of hydrogen-bond acceptors (Lipinski definition) is 6. The number of aliphatic imine (C=N–C) groups is 1. The number of rotatable bonds is 4. The van der Waals surface area contributed by atoms with Crippen LogP contribution in [0.15, 0.2) is 47.5 Å². The second kappa shape index (κ2) is 8.24. The standard InChI is InChI=1S/C21H22ClN3O3S2/c1-13-4-3-5-14(2)20(13)24-19(26)10-25(16-8-6-15(22)7-9-16)21-23-17-11-30(27,28)12-18(17)29-21/h3-9,17-18H,10-12H2,1-2H3,(H,24,26)/t17-,18-/m1/s1. The van der Waals surface area contributed by atoms with E-state index >= 15 is 0 Å². The third kappa shape index (κ3) is 4.50. The molecule has 0 aliphatic carbocycles. The summed E-state index contributed by atoms with van der Waals surface area (Å²) in [4.78, 5) is 19.4. The number of thioether (sulfide) groups is 1. The molecule has 2 aromatic carbocycles. The molecule has 0 bridgehead atoms. The van der Waals surface area contributed by atoms with Gasteiger partial charge in [0.25, 0.3) is 0 Å². The molecule has 4 rings (SSSR count). The van der Waals surface area contributed by atoms with Crippen molar-refractivity contribution >= 4 is 55.6 Å². The lowest BCUT2D eigenvalue weighted by molar-refractivity contribution is -0.114. The van der Waals surface area contributed by atoms with E-state index < -0.39 is 9.84 Å². The smallest absolute Gasteiger partial charge is 0.244 e. The van der Waals surface area contributed by atoms with Crippen LogP contribution in [0.25, 0.3) is 0 Å². The van der Waals surface area contributed by atoms with E-state index in [4.69, 9.17) is 11.6 Å². The zero-order valence-electron chi connectivity index (χ0n) is 16.6. The maximum atomic E-state index is 12.9. The SMILES string of the molecule is Cc1cccc(C)c1NC(=O)CN(C1=N[C@@H]2CS(=O)(=O)C[C@H]2S1)c1ccc(Cl)cc1. The summed E-state index contributed by atoms with van der Waals surface area (Å²) in [6.45, 7) is 3.98. The third-order valence-corrected chi connectivity index (χ3v) is 8.72. The summed E-state index contributed by atoms with van der Waals surface area (Å²) in [5.41, 5.74) is 3.58. The van der Waals surface area contributed by atoms with E-state index in [1.807, 2.05) is 49.1 Å². The molecule has 2 aliphatic heterocycles. The number of aryl methyl sites for hydroxylation is 2. The molecular formula is C21H22ClN3O3S2. The Balaban J connectivity index is 1.59. The van der Waals surface area contributed by atoms with Gasteiger partial charge in [0.2, 0.25) is 5.91 Å². The van der Waals surface area contributed by atoms with Gasteiger partial charge in [-0.05, 0) is 49.2 Å². The number of para-hydroxylation sites is 1. The minimum Gasteiger partial charge on any atom is -0.324 e. The first kappa shape index (κ1) is 21.2. The first-order valence-corrected chi connectivity index (χ1v) is 12.6. The Morgan fingerprint density at radius 2 is 1.83 bits per heavy atom. The van der Waals surface area contributed by atoms with E-state index in [1.54, 1.807) is 12.1 Å². The third-order valence-electron chi connectivity index (χ3n) is 5.22. The average molecular weight is 464 g/mol. The lowest BCUT2D eigenvalue weighted by atomic mass is 10.1. The summed E-state index contributed by atoms with van der Waals surface area (Å²) in [6, 6.07) is 12.8. The number of carbonyl (C=O) groups is 1. The molecule has 9 heteroatoms. The van der Waals surface area contributed by atoms with Crippen LogP contribution in [0.3, 0.4) is 0 Å². The van der Waals surface area contributed by atoms with Crippen molar-refractivity contribution < 1.29 is 13.2 Å². The predicted octanol–water partition coefficient (Wildman–Crippen LogP) is 3.67. The first-order chi connectivity index (χ1) is 14.2. The van der Waals surface area contributed by atoms with Crippen molar-refractivity contribution in [1.29, 1.82) is 0 Å². The molecule has 0 aromatic heterocycles. The number of nitrogens with one attached hydrogen (secondary N) is 1.